The highest BCUT2D eigenvalue weighted by Crippen LogP contribution is 2.54. The Balaban J connectivity index is 1.92. The van der Waals surface area contributed by atoms with Gasteiger partial charge in [0.25, 0.3) is 0 Å². The lowest BCUT2D eigenvalue weighted by atomic mass is 10.2. The van der Waals surface area contributed by atoms with E-state index in [0.29, 0.717) is 13.2 Å². The molecule has 0 unspecified atom stereocenters. The lowest BCUT2D eigenvalue weighted by molar-refractivity contribution is 0.145. The highest BCUT2D eigenvalue weighted by atomic mass is 31.2. The first-order valence-corrected chi connectivity index (χ1v) is 7.33. The summed E-state index contributed by atoms with van der Waals surface area (Å²) < 4.78 is 28.2. The van der Waals surface area contributed by atoms with Gasteiger partial charge < -0.3 is 13.5 Å². The lowest BCUT2D eigenvalue weighted by Gasteiger charge is -2.22. The van der Waals surface area contributed by atoms with Crippen molar-refractivity contribution in [3.8, 4) is 0 Å². The second-order valence-electron chi connectivity index (χ2n) is 4.05. The fourth-order valence-corrected chi connectivity index (χ4v) is 3.69. The molecular weight excluding hydrogens is 239 g/mol. The van der Waals surface area contributed by atoms with Gasteiger partial charge in [0.1, 0.15) is 5.58 Å². The topological polar surface area (TPSA) is 48.7 Å². The van der Waals surface area contributed by atoms with E-state index < -0.39 is 7.60 Å². The average Bonchev–Trinajstić information content (AvgIpc) is 2.73. The first kappa shape index (κ1) is 11.0. The van der Waals surface area contributed by atoms with Gasteiger partial charge in [0.05, 0.1) is 25.6 Å². The Labute approximate surface area is 99.1 Å². The Morgan fingerprint density at radius 1 is 1.18 bits per heavy atom. The van der Waals surface area contributed by atoms with Crippen molar-refractivity contribution < 1.29 is 18.0 Å². The molecule has 1 fully saturated rings. The quantitative estimate of drug-likeness (QED) is 0.767. The summed E-state index contributed by atoms with van der Waals surface area (Å²) in [6.07, 6.45) is 2.71. The minimum absolute atomic E-state index is 0.282. The van der Waals surface area contributed by atoms with Crippen LogP contribution in [0.1, 0.15) is 12.0 Å². The van der Waals surface area contributed by atoms with Gasteiger partial charge >= 0.3 is 7.60 Å². The van der Waals surface area contributed by atoms with Crippen LogP contribution in [0, 0.1) is 0 Å². The van der Waals surface area contributed by atoms with Crippen molar-refractivity contribution in [1.82, 2.24) is 0 Å². The van der Waals surface area contributed by atoms with E-state index >= 15 is 0 Å². The molecule has 1 aromatic heterocycles. The van der Waals surface area contributed by atoms with Crippen LogP contribution in [0.2, 0.25) is 0 Å². The van der Waals surface area contributed by atoms with Gasteiger partial charge in [-0.2, -0.15) is 0 Å². The third-order valence-corrected chi connectivity index (χ3v) is 4.67. The highest BCUT2D eigenvalue weighted by Gasteiger charge is 2.29. The molecule has 0 radical (unpaired) electrons. The number of hydrogen-bond acceptors (Lipinski definition) is 4. The number of furan rings is 1. The molecule has 17 heavy (non-hydrogen) atoms. The van der Waals surface area contributed by atoms with Crippen molar-refractivity contribution in [3.63, 3.8) is 0 Å². The smallest absolute Gasteiger partial charge is 0.335 e. The molecule has 0 atom stereocenters. The zero-order valence-electron chi connectivity index (χ0n) is 9.30. The van der Waals surface area contributed by atoms with E-state index in [1.807, 2.05) is 24.3 Å². The van der Waals surface area contributed by atoms with E-state index in [2.05, 4.69) is 0 Å². The van der Waals surface area contributed by atoms with Gasteiger partial charge in [0.15, 0.2) is 0 Å². The number of benzene rings is 1. The predicted molar refractivity (Wildman–Crippen MR) is 64.0 cm³/mol. The van der Waals surface area contributed by atoms with E-state index in [0.717, 1.165) is 23.0 Å². The summed E-state index contributed by atoms with van der Waals surface area (Å²) in [5.41, 5.74) is 1.68. The lowest BCUT2D eigenvalue weighted by Crippen LogP contribution is -2.09. The van der Waals surface area contributed by atoms with Gasteiger partial charge in [0, 0.05) is 10.9 Å². The molecule has 1 aliphatic heterocycles. The molecule has 1 saturated heterocycles. The first-order valence-electron chi connectivity index (χ1n) is 5.60. The molecule has 4 nitrogen and oxygen atoms in total. The number of para-hydroxylation sites is 1. The molecule has 0 aliphatic carbocycles. The van der Waals surface area contributed by atoms with Crippen LogP contribution in [-0.4, -0.2) is 13.2 Å². The fraction of sp³-hybridized carbons (Fsp3) is 0.333. The van der Waals surface area contributed by atoms with Crippen LogP contribution in [0.4, 0.5) is 0 Å². The zero-order valence-corrected chi connectivity index (χ0v) is 10.2. The summed E-state index contributed by atoms with van der Waals surface area (Å²) in [7, 11) is -2.97. The maximum atomic E-state index is 12.3. The Hall–Kier alpha value is -1.09. The first-order chi connectivity index (χ1) is 8.27. The Bertz CT molecular complexity index is 565. The van der Waals surface area contributed by atoms with Crippen LogP contribution in [0.15, 0.2) is 34.9 Å². The highest BCUT2D eigenvalue weighted by molar-refractivity contribution is 7.53. The summed E-state index contributed by atoms with van der Waals surface area (Å²) in [5.74, 6) is 0. The molecule has 1 aromatic carbocycles. The van der Waals surface area contributed by atoms with Crippen molar-refractivity contribution in [3.05, 3.63) is 36.1 Å². The van der Waals surface area contributed by atoms with Gasteiger partial charge in [-0.1, -0.05) is 18.2 Å². The molecule has 1 aliphatic rings. The molecule has 0 amide bonds. The van der Waals surface area contributed by atoms with Gasteiger partial charge in [-0.05, 0) is 12.5 Å². The van der Waals surface area contributed by atoms with Crippen LogP contribution < -0.4 is 0 Å². The second kappa shape index (κ2) is 4.30. The Morgan fingerprint density at radius 2 is 1.94 bits per heavy atom. The van der Waals surface area contributed by atoms with Crippen LogP contribution in [0.5, 0.6) is 0 Å². The molecule has 5 heteroatoms. The molecule has 0 spiro atoms. The summed E-state index contributed by atoms with van der Waals surface area (Å²) in [6, 6.07) is 7.67. The number of rotatable bonds is 2. The van der Waals surface area contributed by atoms with E-state index in [1.54, 1.807) is 6.26 Å². The fourth-order valence-electron chi connectivity index (χ4n) is 1.96. The summed E-state index contributed by atoms with van der Waals surface area (Å²) in [6.45, 7) is 1.01. The Morgan fingerprint density at radius 3 is 2.76 bits per heavy atom. The normalized spacial score (nSPS) is 19.5. The van der Waals surface area contributed by atoms with Crippen LogP contribution in [0.25, 0.3) is 11.0 Å². The maximum Gasteiger partial charge on any atom is 0.335 e. The SMILES string of the molecule is O=P1(Cc2coc3ccccc23)OCCCO1. The number of hydrogen-bond donors (Lipinski definition) is 0. The van der Waals surface area contributed by atoms with Crippen LogP contribution in [-0.2, 0) is 19.8 Å². The van der Waals surface area contributed by atoms with Crippen molar-refractivity contribution in [2.75, 3.05) is 13.2 Å². The van der Waals surface area contributed by atoms with Crippen molar-refractivity contribution in [1.29, 1.82) is 0 Å². The van der Waals surface area contributed by atoms with E-state index in [4.69, 9.17) is 13.5 Å². The summed E-state index contributed by atoms with van der Waals surface area (Å²) >= 11 is 0. The van der Waals surface area contributed by atoms with Crippen LogP contribution >= 0.6 is 7.60 Å². The largest absolute Gasteiger partial charge is 0.464 e. The molecule has 3 rings (SSSR count). The molecule has 0 N–H and O–H groups in total. The van der Waals surface area contributed by atoms with Gasteiger partial charge in [0.2, 0.25) is 0 Å². The van der Waals surface area contributed by atoms with E-state index in [-0.39, 0.29) is 6.16 Å². The summed E-state index contributed by atoms with van der Waals surface area (Å²) in [5, 5.41) is 0.973. The maximum absolute atomic E-state index is 12.3. The minimum Gasteiger partial charge on any atom is -0.464 e. The second-order valence-corrected chi connectivity index (χ2v) is 6.10. The van der Waals surface area contributed by atoms with Crippen molar-refractivity contribution in [2.24, 2.45) is 0 Å². The zero-order chi connectivity index (χ0) is 11.7. The molecule has 2 heterocycles. The van der Waals surface area contributed by atoms with Crippen molar-refractivity contribution >= 4 is 18.6 Å². The van der Waals surface area contributed by atoms with Crippen molar-refractivity contribution in [2.45, 2.75) is 12.6 Å². The van der Waals surface area contributed by atoms with Gasteiger partial charge in [-0.25, -0.2) is 0 Å². The van der Waals surface area contributed by atoms with Gasteiger partial charge in [-0.15, -0.1) is 0 Å². The van der Waals surface area contributed by atoms with Gasteiger partial charge in [-0.3, -0.25) is 4.57 Å². The molecule has 0 saturated carbocycles. The monoisotopic (exact) mass is 252 g/mol. The minimum atomic E-state index is -2.97. The average molecular weight is 252 g/mol. The summed E-state index contributed by atoms with van der Waals surface area (Å²) in [4.78, 5) is 0. The van der Waals surface area contributed by atoms with E-state index in [9.17, 15) is 4.57 Å². The molecule has 0 bridgehead atoms. The number of fused-ring (bicyclic) bond motifs is 1. The molecular formula is C12H13O4P. The predicted octanol–water partition coefficient (Wildman–Crippen LogP) is 3.56. The Kier molecular flexibility index (Phi) is 2.79. The third-order valence-electron chi connectivity index (χ3n) is 2.79. The molecule has 2 aromatic rings. The van der Waals surface area contributed by atoms with Crippen LogP contribution in [0.3, 0.4) is 0 Å². The molecule has 90 valence electrons. The standard InChI is InChI=1S/C12H13O4P/c13-17(15-6-3-7-16-17)9-10-8-14-12-5-2-1-4-11(10)12/h1-2,4-5,8H,3,6-7,9H2. The third kappa shape index (κ3) is 2.16. The van der Waals surface area contributed by atoms with E-state index in [1.165, 1.54) is 0 Å².